The number of carbonyl (C=O) groups excluding carboxylic acids is 2. The Morgan fingerprint density at radius 2 is 1.70 bits per heavy atom. The van der Waals surface area contributed by atoms with Crippen molar-refractivity contribution in [3.8, 4) is 0 Å². The van der Waals surface area contributed by atoms with Gasteiger partial charge in [-0.1, -0.05) is 55.7 Å². The number of rotatable bonds is 8. The molecule has 30 heavy (non-hydrogen) atoms. The largest absolute Gasteiger partial charge is 0.352 e. The summed E-state index contributed by atoms with van der Waals surface area (Å²) in [6.07, 6.45) is 6.71. The second kappa shape index (κ2) is 10.9. The summed E-state index contributed by atoms with van der Waals surface area (Å²) in [5.74, 6) is -0.233. The van der Waals surface area contributed by atoms with Crippen molar-refractivity contribution in [3.05, 3.63) is 65.2 Å². The maximum Gasteiger partial charge on any atom is 0.251 e. The number of hydrogen-bond acceptors (Lipinski definition) is 3. The molecule has 5 nitrogen and oxygen atoms in total. The Morgan fingerprint density at radius 1 is 1.00 bits per heavy atom. The SMILES string of the molecule is Cc1ccccc1C(=O)NCCC(=O)Nc1ccccc1CN(C)C1CCCCC1. The topological polar surface area (TPSA) is 61.4 Å². The first-order valence-electron chi connectivity index (χ1n) is 11.0. The van der Waals surface area contributed by atoms with Gasteiger partial charge in [-0.25, -0.2) is 0 Å². The van der Waals surface area contributed by atoms with Crippen molar-refractivity contribution in [3.63, 3.8) is 0 Å². The van der Waals surface area contributed by atoms with Crippen LogP contribution >= 0.6 is 0 Å². The van der Waals surface area contributed by atoms with Crippen LogP contribution in [0, 0.1) is 6.92 Å². The van der Waals surface area contributed by atoms with Gasteiger partial charge >= 0.3 is 0 Å². The zero-order chi connectivity index (χ0) is 21.3. The summed E-state index contributed by atoms with van der Waals surface area (Å²) >= 11 is 0. The highest BCUT2D eigenvalue weighted by molar-refractivity contribution is 5.96. The van der Waals surface area contributed by atoms with Crippen LogP contribution < -0.4 is 10.6 Å². The fraction of sp³-hybridized carbons (Fsp3) is 0.440. The average Bonchev–Trinajstić information content (AvgIpc) is 2.76. The fourth-order valence-corrected chi connectivity index (χ4v) is 4.12. The van der Waals surface area contributed by atoms with E-state index in [0.717, 1.165) is 23.4 Å². The van der Waals surface area contributed by atoms with Gasteiger partial charge in [0.15, 0.2) is 0 Å². The second-order valence-electron chi connectivity index (χ2n) is 8.23. The van der Waals surface area contributed by atoms with Gasteiger partial charge in [0.25, 0.3) is 5.91 Å². The molecule has 0 spiro atoms. The third kappa shape index (κ3) is 6.17. The second-order valence-corrected chi connectivity index (χ2v) is 8.23. The molecule has 0 radical (unpaired) electrons. The van der Waals surface area contributed by atoms with Crippen LogP contribution in [0.15, 0.2) is 48.5 Å². The summed E-state index contributed by atoms with van der Waals surface area (Å²) in [7, 11) is 2.18. The molecule has 1 saturated carbocycles. The molecular weight excluding hydrogens is 374 g/mol. The van der Waals surface area contributed by atoms with Gasteiger partial charge < -0.3 is 10.6 Å². The molecule has 1 fully saturated rings. The molecule has 1 aliphatic carbocycles. The van der Waals surface area contributed by atoms with E-state index in [1.165, 1.54) is 32.1 Å². The highest BCUT2D eigenvalue weighted by Crippen LogP contribution is 2.25. The number of benzene rings is 2. The minimum absolute atomic E-state index is 0.0900. The third-order valence-electron chi connectivity index (χ3n) is 5.94. The maximum atomic E-state index is 12.5. The van der Waals surface area contributed by atoms with E-state index in [0.29, 0.717) is 18.2 Å². The Morgan fingerprint density at radius 3 is 2.47 bits per heavy atom. The van der Waals surface area contributed by atoms with E-state index in [1.54, 1.807) is 6.07 Å². The average molecular weight is 408 g/mol. The zero-order valence-corrected chi connectivity index (χ0v) is 18.1. The molecule has 2 N–H and O–H groups in total. The number of nitrogens with one attached hydrogen (secondary N) is 2. The standard InChI is InChI=1S/C25H33N3O2/c1-19-10-6-8-14-22(19)25(30)26-17-16-24(29)27-23-15-9-7-11-20(23)18-28(2)21-12-4-3-5-13-21/h6-11,14-15,21H,3-5,12-13,16-18H2,1-2H3,(H,26,30)(H,27,29). The van der Waals surface area contributed by atoms with Crippen molar-refractivity contribution < 1.29 is 9.59 Å². The van der Waals surface area contributed by atoms with Gasteiger partial charge in [-0.05, 0) is 50.1 Å². The fourth-order valence-electron chi connectivity index (χ4n) is 4.12. The predicted molar refractivity (Wildman–Crippen MR) is 122 cm³/mol. The monoisotopic (exact) mass is 407 g/mol. The normalized spacial score (nSPS) is 14.5. The van der Waals surface area contributed by atoms with Crippen LogP contribution in [0.4, 0.5) is 5.69 Å². The summed E-state index contributed by atoms with van der Waals surface area (Å²) in [6, 6.07) is 16.1. The Hall–Kier alpha value is -2.66. The molecule has 0 bridgehead atoms. The van der Waals surface area contributed by atoms with Gasteiger partial charge in [0.05, 0.1) is 0 Å². The van der Waals surface area contributed by atoms with Gasteiger partial charge in [0, 0.05) is 36.8 Å². The molecule has 160 valence electrons. The van der Waals surface area contributed by atoms with Gasteiger partial charge in [-0.15, -0.1) is 0 Å². The Labute approximate surface area is 179 Å². The minimum Gasteiger partial charge on any atom is -0.352 e. The molecule has 0 saturated heterocycles. The van der Waals surface area contributed by atoms with E-state index in [-0.39, 0.29) is 18.2 Å². The van der Waals surface area contributed by atoms with E-state index >= 15 is 0 Å². The van der Waals surface area contributed by atoms with Gasteiger partial charge in [-0.3, -0.25) is 14.5 Å². The first-order valence-corrected chi connectivity index (χ1v) is 11.0. The number of nitrogens with zero attached hydrogens (tertiary/aromatic N) is 1. The lowest BCUT2D eigenvalue weighted by atomic mass is 9.94. The summed E-state index contributed by atoms with van der Waals surface area (Å²) in [5, 5.41) is 5.87. The molecule has 3 rings (SSSR count). The van der Waals surface area contributed by atoms with Crippen molar-refractivity contribution in [1.29, 1.82) is 0 Å². The lowest BCUT2D eigenvalue weighted by Crippen LogP contribution is -2.33. The van der Waals surface area contributed by atoms with Gasteiger partial charge in [0.1, 0.15) is 0 Å². The van der Waals surface area contributed by atoms with Crippen LogP contribution in [0.2, 0.25) is 0 Å². The molecule has 0 unspecified atom stereocenters. The molecule has 0 aromatic heterocycles. The molecule has 0 aliphatic heterocycles. The molecule has 0 atom stereocenters. The smallest absolute Gasteiger partial charge is 0.251 e. The first-order chi connectivity index (χ1) is 14.5. The van der Waals surface area contributed by atoms with Crippen LogP contribution in [-0.4, -0.2) is 36.3 Å². The maximum absolute atomic E-state index is 12.5. The quantitative estimate of drug-likeness (QED) is 0.676. The Balaban J connectivity index is 1.50. The first kappa shape index (κ1) is 22.0. The van der Waals surface area contributed by atoms with Gasteiger partial charge in [0.2, 0.25) is 5.91 Å². The number of carbonyl (C=O) groups is 2. The van der Waals surface area contributed by atoms with Crippen LogP contribution in [0.3, 0.4) is 0 Å². The van der Waals surface area contributed by atoms with Crippen LogP contribution in [-0.2, 0) is 11.3 Å². The number of para-hydroxylation sites is 1. The molecular formula is C25H33N3O2. The highest BCUT2D eigenvalue weighted by Gasteiger charge is 2.19. The number of hydrogen-bond donors (Lipinski definition) is 2. The van der Waals surface area contributed by atoms with E-state index in [2.05, 4.69) is 28.6 Å². The third-order valence-corrected chi connectivity index (χ3v) is 5.94. The molecule has 5 heteroatoms. The minimum atomic E-state index is -0.143. The molecule has 2 amide bonds. The van der Waals surface area contributed by atoms with Crippen molar-refractivity contribution in [2.24, 2.45) is 0 Å². The Kier molecular flexibility index (Phi) is 8.03. The van der Waals surface area contributed by atoms with E-state index in [1.807, 2.05) is 43.3 Å². The highest BCUT2D eigenvalue weighted by atomic mass is 16.2. The lowest BCUT2D eigenvalue weighted by molar-refractivity contribution is -0.116. The summed E-state index contributed by atoms with van der Waals surface area (Å²) < 4.78 is 0. The van der Waals surface area contributed by atoms with Crippen LogP contribution in [0.5, 0.6) is 0 Å². The van der Waals surface area contributed by atoms with Crippen LogP contribution in [0.25, 0.3) is 0 Å². The molecule has 0 heterocycles. The van der Waals surface area contributed by atoms with Crippen molar-refractivity contribution in [2.45, 2.75) is 58.0 Å². The number of aryl methyl sites for hydroxylation is 1. The molecule has 2 aromatic rings. The molecule has 2 aromatic carbocycles. The zero-order valence-electron chi connectivity index (χ0n) is 18.1. The van der Waals surface area contributed by atoms with E-state index in [4.69, 9.17) is 0 Å². The van der Waals surface area contributed by atoms with Gasteiger partial charge in [-0.2, -0.15) is 0 Å². The van der Waals surface area contributed by atoms with E-state index < -0.39 is 0 Å². The lowest BCUT2D eigenvalue weighted by Gasteiger charge is -2.31. The Bertz CT molecular complexity index is 859. The molecule has 1 aliphatic rings. The van der Waals surface area contributed by atoms with Crippen molar-refractivity contribution in [2.75, 3.05) is 18.9 Å². The number of amides is 2. The van der Waals surface area contributed by atoms with Crippen molar-refractivity contribution in [1.82, 2.24) is 10.2 Å². The van der Waals surface area contributed by atoms with Crippen molar-refractivity contribution >= 4 is 17.5 Å². The summed E-state index contributed by atoms with van der Waals surface area (Å²) in [5.41, 5.74) is 3.56. The predicted octanol–water partition coefficient (Wildman–Crippen LogP) is 4.52. The van der Waals surface area contributed by atoms with Crippen LogP contribution in [0.1, 0.15) is 60.0 Å². The summed E-state index contributed by atoms with van der Waals surface area (Å²) in [4.78, 5) is 27.2. The number of anilines is 1. The summed E-state index contributed by atoms with van der Waals surface area (Å²) in [6.45, 7) is 3.04. The van der Waals surface area contributed by atoms with E-state index in [9.17, 15) is 9.59 Å².